The minimum atomic E-state index is -1.10. The lowest BCUT2D eigenvalue weighted by molar-refractivity contribution is -0.384. The Hall–Kier alpha value is -3.42. The summed E-state index contributed by atoms with van der Waals surface area (Å²) in [7, 11) is 0. The van der Waals surface area contributed by atoms with Crippen LogP contribution in [0.15, 0.2) is 59.8 Å². The van der Waals surface area contributed by atoms with Gasteiger partial charge in [-0.1, -0.05) is 35.5 Å². The molecule has 2 rings (SSSR count). The quantitative estimate of drug-likeness (QED) is 0.176. The Labute approximate surface area is 124 Å². The molecular weight excluding hydrogens is 290 g/mol. The summed E-state index contributed by atoms with van der Waals surface area (Å²) < 4.78 is 4.79. The summed E-state index contributed by atoms with van der Waals surface area (Å²) in [6.45, 7) is 0. The first kappa shape index (κ1) is 15.0. The van der Waals surface area contributed by atoms with Gasteiger partial charge in [0.15, 0.2) is 5.84 Å². The van der Waals surface area contributed by atoms with Gasteiger partial charge in [0.1, 0.15) is 5.75 Å². The van der Waals surface area contributed by atoms with Gasteiger partial charge in [0.25, 0.3) is 5.69 Å². The van der Waals surface area contributed by atoms with Crippen LogP contribution in [0.25, 0.3) is 0 Å². The number of nitro groups is 1. The number of nitrogens with zero attached hydrogens (tertiary/aromatic N) is 2. The summed E-state index contributed by atoms with van der Waals surface area (Å²) in [4.78, 5) is 25.9. The van der Waals surface area contributed by atoms with Crippen molar-refractivity contribution in [3.8, 4) is 5.75 Å². The molecule has 2 aromatic carbocycles. The molecule has 2 N–H and O–H groups in total. The smallest absolute Gasteiger partial charge is 0.393 e. The first-order chi connectivity index (χ1) is 10.6. The Bertz CT molecular complexity index is 698. The van der Waals surface area contributed by atoms with Crippen LogP contribution in [0, 0.1) is 10.1 Å². The summed E-state index contributed by atoms with van der Waals surface area (Å²) in [6.07, 6.45) is -1.10. The number of carbonyl (C=O) groups is 1. The SMILES string of the molecule is N/C(=N\OC(=O)Oc1ccc([N+](=O)[O-])cc1)c1ccccc1. The molecule has 0 aliphatic rings. The van der Waals surface area contributed by atoms with Gasteiger partial charge in [0.05, 0.1) is 4.92 Å². The molecule has 0 amide bonds. The van der Waals surface area contributed by atoms with Gasteiger partial charge in [-0.3, -0.25) is 15.0 Å². The number of non-ortho nitro benzene ring substituents is 1. The zero-order valence-corrected chi connectivity index (χ0v) is 11.2. The predicted molar refractivity (Wildman–Crippen MR) is 77.4 cm³/mol. The van der Waals surface area contributed by atoms with Crippen molar-refractivity contribution in [3.05, 3.63) is 70.3 Å². The van der Waals surface area contributed by atoms with Crippen molar-refractivity contribution in [1.29, 1.82) is 0 Å². The lowest BCUT2D eigenvalue weighted by Gasteiger charge is -2.02. The van der Waals surface area contributed by atoms with Crippen molar-refractivity contribution < 1.29 is 19.3 Å². The average Bonchev–Trinajstić information content (AvgIpc) is 2.54. The van der Waals surface area contributed by atoms with Crippen molar-refractivity contribution in [2.75, 3.05) is 0 Å². The van der Waals surface area contributed by atoms with Crippen molar-refractivity contribution >= 4 is 17.7 Å². The number of carbonyl (C=O) groups excluding carboxylic acids is 1. The second-order valence-corrected chi connectivity index (χ2v) is 4.04. The van der Waals surface area contributed by atoms with Gasteiger partial charge < -0.3 is 10.5 Å². The molecule has 0 saturated carbocycles. The molecule has 0 atom stereocenters. The van der Waals surface area contributed by atoms with E-state index in [1.807, 2.05) is 0 Å². The largest absolute Gasteiger partial charge is 0.540 e. The van der Waals surface area contributed by atoms with Gasteiger partial charge in [0.2, 0.25) is 0 Å². The minimum absolute atomic E-state index is 0.0150. The Balaban J connectivity index is 1.94. The number of ether oxygens (including phenoxy) is 1. The Morgan fingerprint density at radius 3 is 2.32 bits per heavy atom. The first-order valence-corrected chi connectivity index (χ1v) is 6.08. The molecule has 0 saturated heterocycles. The molecule has 0 aromatic heterocycles. The van der Waals surface area contributed by atoms with E-state index < -0.39 is 11.1 Å². The van der Waals surface area contributed by atoms with Crippen molar-refractivity contribution in [2.45, 2.75) is 0 Å². The summed E-state index contributed by atoms with van der Waals surface area (Å²) in [5, 5.41) is 13.9. The molecule has 8 nitrogen and oxygen atoms in total. The highest BCUT2D eigenvalue weighted by Crippen LogP contribution is 2.17. The predicted octanol–water partition coefficient (Wildman–Crippen LogP) is 2.43. The van der Waals surface area contributed by atoms with E-state index >= 15 is 0 Å². The Morgan fingerprint density at radius 1 is 1.09 bits per heavy atom. The molecule has 8 heteroatoms. The van der Waals surface area contributed by atoms with E-state index in [0.29, 0.717) is 5.56 Å². The molecule has 112 valence electrons. The number of nitrogens with two attached hydrogens (primary N) is 1. The third kappa shape index (κ3) is 4.04. The van der Waals surface area contributed by atoms with Gasteiger partial charge >= 0.3 is 6.16 Å². The normalized spacial score (nSPS) is 10.8. The van der Waals surface area contributed by atoms with Gasteiger partial charge in [-0.25, -0.2) is 4.79 Å². The molecule has 0 unspecified atom stereocenters. The van der Waals surface area contributed by atoms with Crippen LogP contribution in [0.4, 0.5) is 10.5 Å². The summed E-state index contributed by atoms with van der Waals surface area (Å²) in [5.74, 6) is 0.102. The highest BCUT2D eigenvalue weighted by Gasteiger charge is 2.09. The van der Waals surface area contributed by atoms with Crippen LogP contribution in [0.3, 0.4) is 0 Å². The molecule has 2 aromatic rings. The molecular formula is C14H11N3O5. The number of nitro benzene ring substituents is 1. The maximum Gasteiger partial charge on any atom is 0.540 e. The highest BCUT2D eigenvalue weighted by molar-refractivity contribution is 5.97. The van der Waals surface area contributed by atoms with E-state index in [4.69, 9.17) is 10.5 Å². The number of amidine groups is 1. The molecule has 0 bridgehead atoms. The molecule has 0 spiro atoms. The van der Waals surface area contributed by atoms with Crippen molar-refractivity contribution in [1.82, 2.24) is 0 Å². The van der Waals surface area contributed by atoms with Crippen LogP contribution >= 0.6 is 0 Å². The zero-order chi connectivity index (χ0) is 15.9. The number of hydrogen-bond donors (Lipinski definition) is 1. The molecule has 0 fully saturated rings. The summed E-state index contributed by atoms with van der Waals surface area (Å²) in [5.41, 5.74) is 6.10. The van der Waals surface area contributed by atoms with E-state index in [1.54, 1.807) is 30.3 Å². The number of benzene rings is 2. The number of oxime groups is 1. The number of hydrogen-bond acceptors (Lipinski definition) is 6. The fourth-order valence-electron chi connectivity index (χ4n) is 1.50. The molecule has 0 aliphatic heterocycles. The van der Waals surface area contributed by atoms with E-state index in [2.05, 4.69) is 9.99 Å². The Kier molecular flexibility index (Phi) is 4.66. The first-order valence-electron chi connectivity index (χ1n) is 6.08. The topological polar surface area (TPSA) is 117 Å². The van der Waals surface area contributed by atoms with Gasteiger partial charge in [-0.15, -0.1) is 0 Å². The number of rotatable bonds is 4. The van der Waals surface area contributed by atoms with E-state index in [0.717, 1.165) is 0 Å². The van der Waals surface area contributed by atoms with Crippen LogP contribution < -0.4 is 10.5 Å². The lowest BCUT2D eigenvalue weighted by Crippen LogP contribution is -2.16. The van der Waals surface area contributed by atoms with E-state index in [9.17, 15) is 14.9 Å². The monoisotopic (exact) mass is 301 g/mol. The third-order valence-electron chi connectivity index (χ3n) is 2.54. The fraction of sp³-hybridized carbons (Fsp3) is 0. The van der Waals surface area contributed by atoms with E-state index in [1.165, 1.54) is 24.3 Å². The van der Waals surface area contributed by atoms with Gasteiger partial charge in [0, 0.05) is 17.7 Å². The van der Waals surface area contributed by atoms with Gasteiger partial charge in [-0.2, -0.15) is 0 Å². The van der Waals surface area contributed by atoms with Crippen LogP contribution in [-0.4, -0.2) is 16.9 Å². The highest BCUT2D eigenvalue weighted by atomic mass is 16.8. The fourth-order valence-corrected chi connectivity index (χ4v) is 1.50. The molecule has 22 heavy (non-hydrogen) atoms. The summed E-state index contributed by atoms with van der Waals surface area (Å²) >= 11 is 0. The zero-order valence-electron chi connectivity index (χ0n) is 11.2. The third-order valence-corrected chi connectivity index (χ3v) is 2.54. The second-order valence-electron chi connectivity index (χ2n) is 4.04. The van der Waals surface area contributed by atoms with Crippen LogP contribution in [0.5, 0.6) is 5.75 Å². The maximum atomic E-state index is 11.4. The summed E-state index contributed by atoms with van der Waals surface area (Å²) in [6, 6.07) is 13.6. The van der Waals surface area contributed by atoms with E-state index in [-0.39, 0.29) is 17.3 Å². The minimum Gasteiger partial charge on any atom is -0.393 e. The standard InChI is InChI=1S/C14H11N3O5/c15-13(10-4-2-1-3-5-10)16-22-14(18)21-12-8-6-11(7-9-12)17(19)20/h1-9H,(H2,15,16). The molecule has 0 heterocycles. The molecule has 0 aliphatic carbocycles. The van der Waals surface area contributed by atoms with Crippen LogP contribution in [0.2, 0.25) is 0 Å². The lowest BCUT2D eigenvalue weighted by atomic mass is 10.2. The van der Waals surface area contributed by atoms with Crippen molar-refractivity contribution in [2.24, 2.45) is 10.9 Å². The van der Waals surface area contributed by atoms with Crippen molar-refractivity contribution in [3.63, 3.8) is 0 Å². The van der Waals surface area contributed by atoms with Crippen LogP contribution in [-0.2, 0) is 4.84 Å². The van der Waals surface area contributed by atoms with Gasteiger partial charge in [-0.05, 0) is 12.1 Å². The maximum absolute atomic E-state index is 11.4. The molecule has 0 radical (unpaired) electrons. The van der Waals surface area contributed by atoms with Crippen LogP contribution in [0.1, 0.15) is 5.56 Å². The Morgan fingerprint density at radius 2 is 1.73 bits per heavy atom. The average molecular weight is 301 g/mol. The second kappa shape index (κ2) is 6.84.